The molecule has 9 heteroatoms. The Labute approximate surface area is 225 Å². The highest BCUT2D eigenvalue weighted by Gasteiger charge is 2.30. The minimum Gasteiger partial charge on any atom is -0.494 e. The van der Waals surface area contributed by atoms with Crippen molar-refractivity contribution in [3.05, 3.63) is 115 Å². The smallest absolute Gasteiger partial charge is 0.280 e. The normalized spacial score (nSPS) is 14.4. The molecule has 1 amide bonds. The maximum Gasteiger partial charge on any atom is 0.280 e. The first-order valence-electron chi connectivity index (χ1n) is 11.0. The molecule has 0 spiro atoms. The summed E-state index contributed by atoms with van der Waals surface area (Å²) in [6.07, 6.45) is 1.39. The molecule has 2 heterocycles. The molecule has 0 aliphatic carbocycles. The number of amides is 1. The maximum absolute atomic E-state index is 13.7. The molecule has 1 N–H and O–H groups in total. The van der Waals surface area contributed by atoms with E-state index in [1.54, 1.807) is 55.5 Å². The molecule has 36 heavy (non-hydrogen) atoms. The van der Waals surface area contributed by atoms with Crippen LogP contribution in [0, 0.1) is 8.34 Å². The molecule has 0 radical (unpaired) electrons. The zero-order valence-electron chi connectivity index (χ0n) is 19.0. The van der Waals surface area contributed by atoms with E-state index in [4.69, 9.17) is 12.2 Å². The quantitative estimate of drug-likeness (QED) is 0.190. The van der Waals surface area contributed by atoms with Crippen molar-refractivity contribution in [1.82, 2.24) is 9.13 Å². The Kier molecular flexibility index (Phi) is 6.42. The van der Waals surface area contributed by atoms with Gasteiger partial charge in [-0.1, -0.05) is 36.4 Å². The second kappa shape index (κ2) is 9.67. The largest absolute Gasteiger partial charge is 0.494 e. The number of carbonyl (C=O) groups excluding carboxylic acids is 1. The van der Waals surface area contributed by atoms with E-state index in [-0.39, 0.29) is 21.8 Å². The first kappa shape index (κ1) is 23.9. The lowest BCUT2D eigenvalue weighted by Crippen LogP contribution is -2.26. The molecule has 0 fully saturated rings. The van der Waals surface area contributed by atoms with Gasteiger partial charge < -0.3 is 5.11 Å². The molecule has 0 bridgehead atoms. The van der Waals surface area contributed by atoms with E-state index in [0.717, 1.165) is 3.57 Å². The van der Waals surface area contributed by atoms with E-state index in [1.165, 1.54) is 20.2 Å². The van der Waals surface area contributed by atoms with Crippen LogP contribution in [0.1, 0.15) is 12.5 Å². The number of nitrogens with zero attached hydrogens (tertiary/aromatic N) is 4. The summed E-state index contributed by atoms with van der Waals surface area (Å²) in [5.41, 5.74) is 1.74. The number of halogens is 1. The molecule has 5 rings (SSSR count). The van der Waals surface area contributed by atoms with Crippen molar-refractivity contribution in [2.45, 2.75) is 6.92 Å². The van der Waals surface area contributed by atoms with Crippen molar-refractivity contribution in [2.75, 3.05) is 5.01 Å². The van der Waals surface area contributed by atoms with Crippen LogP contribution in [0.15, 0.2) is 100 Å². The van der Waals surface area contributed by atoms with Crippen LogP contribution >= 0.6 is 34.8 Å². The minimum absolute atomic E-state index is 0.0707. The van der Waals surface area contributed by atoms with Crippen LogP contribution < -0.4 is 10.6 Å². The Morgan fingerprint density at radius 1 is 0.833 bits per heavy atom. The van der Waals surface area contributed by atoms with Gasteiger partial charge in [0, 0.05) is 3.57 Å². The summed E-state index contributed by atoms with van der Waals surface area (Å²) >= 11 is 7.85. The summed E-state index contributed by atoms with van der Waals surface area (Å²) in [6.45, 7) is 1.69. The molecule has 7 nitrogen and oxygen atoms in total. The number of carbonyl (C=O) groups is 1. The van der Waals surface area contributed by atoms with Gasteiger partial charge in [-0.25, -0.2) is 0 Å². The SMILES string of the molecule is CC1=NN(c2ccc(I)cc2)C(=O)/C1=C/c1c(O)n(-c2ccccc2)c(=S)n(-c2ccccc2)c1=O. The van der Waals surface area contributed by atoms with E-state index in [1.807, 2.05) is 36.4 Å². The van der Waals surface area contributed by atoms with Crippen molar-refractivity contribution in [3.63, 3.8) is 0 Å². The molecule has 178 valence electrons. The molecule has 4 aromatic rings. The van der Waals surface area contributed by atoms with Gasteiger partial charge in [0.2, 0.25) is 5.88 Å². The topological polar surface area (TPSA) is 79.8 Å². The van der Waals surface area contributed by atoms with Gasteiger partial charge in [0.25, 0.3) is 11.5 Å². The fourth-order valence-corrected chi connectivity index (χ4v) is 4.68. The van der Waals surface area contributed by atoms with Crippen molar-refractivity contribution in [3.8, 4) is 17.3 Å². The first-order valence-corrected chi connectivity index (χ1v) is 12.4. The zero-order valence-corrected chi connectivity index (χ0v) is 22.0. The second-order valence-corrected chi connectivity index (χ2v) is 9.61. The molecule has 0 saturated heterocycles. The summed E-state index contributed by atoms with van der Waals surface area (Å²) in [4.78, 5) is 27.0. The van der Waals surface area contributed by atoms with Crippen LogP contribution in [-0.4, -0.2) is 25.9 Å². The van der Waals surface area contributed by atoms with E-state index < -0.39 is 11.5 Å². The van der Waals surface area contributed by atoms with Crippen LogP contribution in [0.4, 0.5) is 5.69 Å². The Morgan fingerprint density at radius 3 is 1.97 bits per heavy atom. The predicted octanol–water partition coefficient (Wildman–Crippen LogP) is 5.47. The number of aromatic hydroxyl groups is 1. The highest BCUT2D eigenvalue weighted by molar-refractivity contribution is 14.1. The molecule has 1 aliphatic rings. The lowest BCUT2D eigenvalue weighted by Gasteiger charge is -2.17. The molecule has 1 aliphatic heterocycles. The van der Waals surface area contributed by atoms with Crippen molar-refractivity contribution in [2.24, 2.45) is 5.10 Å². The molecular formula is C27H19IN4O3S. The Hall–Kier alpha value is -3.83. The number of anilines is 1. The van der Waals surface area contributed by atoms with Gasteiger partial charge in [0.05, 0.1) is 28.3 Å². The number of aromatic nitrogens is 2. The second-order valence-electron chi connectivity index (χ2n) is 8.00. The summed E-state index contributed by atoms with van der Waals surface area (Å²) in [5.74, 6) is -0.753. The van der Waals surface area contributed by atoms with Crippen molar-refractivity contribution in [1.29, 1.82) is 0 Å². The summed E-state index contributed by atoms with van der Waals surface area (Å²) in [6, 6.07) is 25.3. The number of para-hydroxylation sites is 2. The van der Waals surface area contributed by atoms with Crippen LogP contribution in [0.5, 0.6) is 5.88 Å². The highest BCUT2D eigenvalue weighted by atomic mass is 127. The van der Waals surface area contributed by atoms with Crippen molar-refractivity contribution < 1.29 is 9.90 Å². The Morgan fingerprint density at radius 2 is 1.39 bits per heavy atom. The molecule has 0 unspecified atom stereocenters. The highest BCUT2D eigenvalue weighted by Crippen LogP contribution is 2.28. The van der Waals surface area contributed by atoms with Gasteiger partial charge in [-0.3, -0.25) is 18.7 Å². The van der Waals surface area contributed by atoms with Gasteiger partial charge in [-0.2, -0.15) is 10.1 Å². The van der Waals surface area contributed by atoms with Crippen molar-refractivity contribution >= 4 is 58.2 Å². The third-order valence-electron chi connectivity index (χ3n) is 5.72. The lowest BCUT2D eigenvalue weighted by atomic mass is 10.1. The fourth-order valence-electron chi connectivity index (χ4n) is 3.94. The summed E-state index contributed by atoms with van der Waals surface area (Å²) in [5, 5.41) is 17.0. The van der Waals surface area contributed by atoms with Crippen LogP contribution in [0.25, 0.3) is 17.5 Å². The molecule has 0 saturated carbocycles. The summed E-state index contributed by atoms with van der Waals surface area (Å²) in [7, 11) is 0. The fraction of sp³-hybridized carbons (Fsp3) is 0.0370. The van der Waals surface area contributed by atoms with E-state index >= 15 is 0 Å². The van der Waals surface area contributed by atoms with E-state index in [9.17, 15) is 14.7 Å². The Balaban J connectivity index is 1.73. The van der Waals surface area contributed by atoms with Crippen LogP contribution in [0.3, 0.4) is 0 Å². The average molecular weight is 606 g/mol. The monoisotopic (exact) mass is 606 g/mol. The first-order chi connectivity index (χ1) is 17.4. The predicted molar refractivity (Wildman–Crippen MR) is 152 cm³/mol. The maximum atomic E-state index is 13.7. The van der Waals surface area contributed by atoms with Crippen LogP contribution in [0.2, 0.25) is 0 Å². The number of rotatable bonds is 4. The average Bonchev–Trinajstić information content (AvgIpc) is 3.16. The van der Waals surface area contributed by atoms with Gasteiger partial charge in [-0.15, -0.1) is 0 Å². The van der Waals surface area contributed by atoms with Gasteiger partial charge in [0.1, 0.15) is 5.56 Å². The molecule has 3 aromatic carbocycles. The number of hydrogen-bond acceptors (Lipinski definition) is 5. The third-order valence-corrected chi connectivity index (χ3v) is 6.80. The molecule has 1 aromatic heterocycles. The van der Waals surface area contributed by atoms with Gasteiger partial charge in [0.15, 0.2) is 4.77 Å². The molecular weight excluding hydrogens is 587 g/mol. The van der Waals surface area contributed by atoms with Gasteiger partial charge >= 0.3 is 0 Å². The number of hydrazone groups is 1. The van der Waals surface area contributed by atoms with Gasteiger partial charge in [-0.05, 0) is 96.3 Å². The third kappa shape index (κ3) is 4.20. The van der Waals surface area contributed by atoms with E-state index in [2.05, 4.69) is 27.7 Å². The summed E-state index contributed by atoms with van der Waals surface area (Å²) < 4.78 is 3.89. The number of benzene rings is 3. The zero-order chi connectivity index (χ0) is 25.4. The van der Waals surface area contributed by atoms with E-state index in [0.29, 0.717) is 22.8 Å². The van der Waals surface area contributed by atoms with Crippen LogP contribution in [-0.2, 0) is 4.79 Å². The lowest BCUT2D eigenvalue weighted by molar-refractivity contribution is -0.114. The minimum atomic E-state index is -0.545. The molecule has 0 atom stereocenters. The standard InChI is InChI=1S/C27H19IN4O3S/c1-17-22(26(35)32(29-17)21-14-12-18(28)13-15-21)16-23-24(33)30(19-8-4-2-5-9-19)27(36)31(25(23)34)20-10-6-3-7-11-20/h2-16,33H,1H3/b22-16+. The Bertz CT molecular complexity index is 1660. The number of hydrogen-bond donors (Lipinski definition) is 1.